The molecular weight excluding hydrogens is 318 g/mol. The van der Waals surface area contributed by atoms with Crippen molar-refractivity contribution in [3.63, 3.8) is 0 Å². The number of hydrogen-bond acceptors (Lipinski definition) is 7. The van der Waals surface area contributed by atoms with Gasteiger partial charge in [0.1, 0.15) is 5.60 Å². The Hall–Kier alpha value is -1.64. The van der Waals surface area contributed by atoms with Crippen molar-refractivity contribution in [1.29, 1.82) is 0 Å². The van der Waals surface area contributed by atoms with Gasteiger partial charge in [0, 0.05) is 6.54 Å². The van der Waals surface area contributed by atoms with E-state index in [1.54, 1.807) is 18.1 Å². The van der Waals surface area contributed by atoms with Crippen molar-refractivity contribution >= 4 is 17.4 Å². The van der Waals surface area contributed by atoms with E-state index in [9.17, 15) is 4.79 Å². The summed E-state index contributed by atoms with van der Waals surface area (Å²) in [4.78, 5) is 24.7. The molecule has 1 N–H and O–H groups in total. The van der Waals surface area contributed by atoms with Crippen molar-refractivity contribution in [3.8, 4) is 5.19 Å². The SMILES string of the molecule is C=CCONC1CN(C(=O)OC(C)(C)C)Cc2nc(OC)sc21. The van der Waals surface area contributed by atoms with E-state index in [-0.39, 0.29) is 12.1 Å². The average Bonchev–Trinajstić information content (AvgIpc) is 2.88. The molecule has 0 saturated heterocycles. The van der Waals surface area contributed by atoms with Crippen LogP contribution < -0.4 is 10.2 Å². The molecule has 0 radical (unpaired) electrons. The zero-order chi connectivity index (χ0) is 17.0. The number of amides is 1. The largest absolute Gasteiger partial charge is 0.473 e. The van der Waals surface area contributed by atoms with Gasteiger partial charge in [0.25, 0.3) is 5.19 Å². The van der Waals surface area contributed by atoms with Gasteiger partial charge in [0.05, 0.1) is 36.9 Å². The molecule has 0 spiro atoms. The second kappa shape index (κ2) is 7.29. The molecule has 0 aromatic carbocycles. The lowest BCUT2D eigenvalue weighted by Crippen LogP contribution is -2.44. The van der Waals surface area contributed by atoms with E-state index in [4.69, 9.17) is 14.3 Å². The third-order valence-corrected chi connectivity index (χ3v) is 4.19. The van der Waals surface area contributed by atoms with Crippen LogP contribution in [0.3, 0.4) is 0 Å². The molecule has 1 aromatic heterocycles. The third-order valence-electron chi connectivity index (χ3n) is 3.02. The van der Waals surface area contributed by atoms with Gasteiger partial charge in [0.2, 0.25) is 0 Å². The molecule has 8 heteroatoms. The maximum absolute atomic E-state index is 12.3. The molecule has 2 heterocycles. The fourth-order valence-electron chi connectivity index (χ4n) is 2.13. The van der Waals surface area contributed by atoms with E-state index < -0.39 is 5.60 Å². The second-order valence-corrected chi connectivity index (χ2v) is 7.12. The molecule has 1 unspecified atom stereocenters. The Morgan fingerprint density at radius 3 is 2.91 bits per heavy atom. The molecular formula is C15H23N3O4S. The Morgan fingerprint density at radius 1 is 1.57 bits per heavy atom. The minimum Gasteiger partial charge on any atom is -0.473 e. The summed E-state index contributed by atoms with van der Waals surface area (Å²) >= 11 is 1.45. The van der Waals surface area contributed by atoms with Crippen LogP contribution in [0.5, 0.6) is 5.19 Å². The predicted molar refractivity (Wildman–Crippen MR) is 87.3 cm³/mol. The zero-order valence-corrected chi connectivity index (χ0v) is 14.7. The Morgan fingerprint density at radius 2 is 2.30 bits per heavy atom. The number of nitrogens with zero attached hydrogens (tertiary/aromatic N) is 2. The smallest absolute Gasteiger partial charge is 0.410 e. The molecule has 7 nitrogen and oxygen atoms in total. The van der Waals surface area contributed by atoms with Crippen molar-refractivity contribution in [2.75, 3.05) is 20.3 Å². The molecule has 1 aliphatic rings. The molecule has 1 atom stereocenters. The highest BCUT2D eigenvalue weighted by Gasteiger charge is 2.34. The Bertz CT molecular complexity index is 568. The fraction of sp³-hybridized carbons (Fsp3) is 0.600. The maximum Gasteiger partial charge on any atom is 0.410 e. The van der Waals surface area contributed by atoms with Gasteiger partial charge in [-0.05, 0) is 20.8 Å². The van der Waals surface area contributed by atoms with Gasteiger partial charge in [-0.25, -0.2) is 9.78 Å². The Kier molecular flexibility index (Phi) is 5.61. The van der Waals surface area contributed by atoms with E-state index in [0.717, 1.165) is 10.6 Å². The summed E-state index contributed by atoms with van der Waals surface area (Å²) in [6.07, 6.45) is 1.28. The van der Waals surface area contributed by atoms with Crippen LogP contribution in [0.2, 0.25) is 0 Å². The summed E-state index contributed by atoms with van der Waals surface area (Å²) in [6, 6.07) is -0.187. The highest BCUT2D eigenvalue weighted by molar-refractivity contribution is 7.13. The number of ether oxygens (including phenoxy) is 2. The highest BCUT2D eigenvalue weighted by Crippen LogP contribution is 2.35. The second-order valence-electron chi connectivity index (χ2n) is 6.13. The Labute approximate surface area is 140 Å². The third kappa shape index (κ3) is 4.66. The van der Waals surface area contributed by atoms with Crippen LogP contribution in [-0.2, 0) is 16.1 Å². The van der Waals surface area contributed by atoms with Gasteiger partial charge in [-0.15, -0.1) is 6.58 Å². The number of carbonyl (C=O) groups is 1. The number of hydroxylamine groups is 1. The number of carbonyl (C=O) groups excluding carboxylic acids is 1. The van der Waals surface area contributed by atoms with Crippen molar-refractivity contribution in [3.05, 3.63) is 23.2 Å². The van der Waals surface area contributed by atoms with Gasteiger partial charge in [0.15, 0.2) is 0 Å². The molecule has 0 bridgehead atoms. The van der Waals surface area contributed by atoms with Crippen LogP contribution >= 0.6 is 11.3 Å². The van der Waals surface area contributed by atoms with E-state index in [2.05, 4.69) is 17.0 Å². The lowest BCUT2D eigenvalue weighted by Gasteiger charge is -2.33. The topological polar surface area (TPSA) is 72.9 Å². The predicted octanol–water partition coefficient (Wildman–Crippen LogP) is 2.65. The number of hydrogen-bond donors (Lipinski definition) is 1. The number of nitrogens with one attached hydrogen (secondary N) is 1. The molecule has 23 heavy (non-hydrogen) atoms. The minimum atomic E-state index is -0.542. The minimum absolute atomic E-state index is 0.187. The average molecular weight is 341 g/mol. The zero-order valence-electron chi connectivity index (χ0n) is 13.9. The lowest BCUT2D eigenvalue weighted by molar-refractivity contribution is -0.00139. The lowest BCUT2D eigenvalue weighted by atomic mass is 10.1. The van der Waals surface area contributed by atoms with Crippen molar-refractivity contribution in [1.82, 2.24) is 15.4 Å². The fourth-order valence-corrected chi connectivity index (χ4v) is 3.05. The first-order valence-electron chi connectivity index (χ1n) is 7.33. The van der Waals surface area contributed by atoms with Crippen LogP contribution in [0.1, 0.15) is 37.4 Å². The molecule has 0 saturated carbocycles. The van der Waals surface area contributed by atoms with Crippen molar-refractivity contribution in [2.45, 2.75) is 39.0 Å². The standard InChI is InChI=1S/C15H23N3O4S/c1-6-7-21-17-11-9-18(14(19)22-15(2,3)4)8-10-12(11)23-13(16-10)20-5/h6,11,17H,1,7-9H2,2-5H3. The summed E-state index contributed by atoms with van der Waals surface area (Å²) in [5, 5.41) is 0.566. The molecule has 2 rings (SSSR count). The van der Waals surface area contributed by atoms with Crippen LogP contribution in [0.4, 0.5) is 4.79 Å². The van der Waals surface area contributed by atoms with E-state index in [1.807, 2.05) is 20.8 Å². The molecule has 1 aromatic rings. The van der Waals surface area contributed by atoms with Crippen molar-refractivity contribution in [2.24, 2.45) is 0 Å². The summed E-state index contributed by atoms with van der Waals surface area (Å²) in [6.45, 7) is 10.3. The molecule has 128 valence electrons. The van der Waals surface area contributed by atoms with Gasteiger partial charge >= 0.3 is 6.09 Å². The first-order valence-corrected chi connectivity index (χ1v) is 8.15. The van der Waals surface area contributed by atoms with Crippen LogP contribution in [-0.4, -0.2) is 41.8 Å². The number of fused-ring (bicyclic) bond motifs is 1. The van der Waals surface area contributed by atoms with Gasteiger partial charge in [-0.2, -0.15) is 5.48 Å². The summed E-state index contributed by atoms with van der Waals surface area (Å²) in [7, 11) is 1.58. The normalized spacial score (nSPS) is 17.6. The maximum atomic E-state index is 12.3. The summed E-state index contributed by atoms with van der Waals surface area (Å²) in [5.41, 5.74) is 3.21. The number of aromatic nitrogens is 1. The molecule has 0 fully saturated rings. The van der Waals surface area contributed by atoms with E-state index >= 15 is 0 Å². The van der Waals surface area contributed by atoms with Crippen LogP contribution in [0.15, 0.2) is 12.7 Å². The molecule has 0 aliphatic carbocycles. The van der Waals surface area contributed by atoms with E-state index in [1.165, 1.54) is 11.3 Å². The van der Waals surface area contributed by atoms with E-state index in [0.29, 0.717) is 24.9 Å². The first-order chi connectivity index (χ1) is 10.8. The number of thiazole rings is 1. The number of rotatable bonds is 5. The van der Waals surface area contributed by atoms with Gasteiger partial charge in [-0.1, -0.05) is 17.4 Å². The summed E-state index contributed by atoms with van der Waals surface area (Å²) < 4.78 is 10.7. The molecule has 1 amide bonds. The quantitative estimate of drug-likeness (QED) is 0.504. The summed E-state index contributed by atoms with van der Waals surface area (Å²) in [5.74, 6) is 0. The monoisotopic (exact) mass is 341 g/mol. The Balaban J connectivity index is 2.16. The highest BCUT2D eigenvalue weighted by atomic mass is 32.1. The first kappa shape index (κ1) is 17.7. The number of methoxy groups -OCH3 is 1. The van der Waals surface area contributed by atoms with Crippen molar-refractivity contribution < 1.29 is 19.1 Å². The van der Waals surface area contributed by atoms with Gasteiger partial charge < -0.3 is 14.4 Å². The molecule has 1 aliphatic heterocycles. The van der Waals surface area contributed by atoms with Gasteiger partial charge in [-0.3, -0.25) is 4.84 Å². The van der Waals surface area contributed by atoms with Crippen LogP contribution in [0.25, 0.3) is 0 Å². The van der Waals surface area contributed by atoms with Crippen LogP contribution in [0, 0.1) is 0 Å².